The summed E-state index contributed by atoms with van der Waals surface area (Å²) in [5, 5.41) is 3.10. The first-order valence-corrected chi connectivity index (χ1v) is 10.8. The Labute approximate surface area is 173 Å². The van der Waals surface area contributed by atoms with Crippen molar-refractivity contribution >= 4 is 27.5 Å². The van der Waals surface area contributed by atoms with Gasteiger partial charge in [-0.1, -0.05) is 19.8 Å². The Bertz CT molecular complexity index is 1070. The number of thiophene rings is 1. The van der Waals surface area contributed by atoms with Crippen LogP contribution in [0.1, 0.15) is 32.6 Å². The van der Waals surface area contributed by atoms with E-state index in [1.54, 1.807) is 7.11 Å². The molecule has 1 aliphatic rings. The van der Waals surface area contributed by atoms with Gasteiger partial charge in [0.2, 0.25) is 5.91 Å². The van der Waals surface area contributed by atoms with E-state index in [0.29, 0.717) is 16.1 Å². The van der Waals surface area contributed by atoms with E-state index in [9.17, 15) is 9.59 Å². The van der Waals surface area contributed by atoms with Crippen molar-refractivity contribution in [2.24, 2.45) is 5.92 Å². The molecule has 29 heavy (non-hydrogen) atoms. The number of hydrogen-bond donors (Lipinski definition) is 1. The Hall–Kier alpha value is -2.67. The Kier molecular flexibility index (Phi) is 5.67. The summed E-state index contributed by atoms with van der Waals surface area (Å²) >= 11 is 1.40. The van der Waals surface area contributed by atoms with Crippen molar-refractivity contribution in [1.82, 2.24) is 14.9 Å². The highest BCUT2D eigenvalue weighted by atomic mass is 32.1. The summed E-state index contributed by atoms with van der Waals surface area (Å²) < 4.78 is 7.17. The van der Waals surface area contributed by atoms with Crippen LogP contribution in [0.3, 0.4) is 0 Å². The number of benzene rings is 1. The van der Waals surface area contributed by atoms with Crippen LogP contribution < -0.4 is 15.6 Å². The summed E-state index contributed by atoms with van der Waals surface area (Å²) in [6, 6.07) is 9.82. The van der Waals surface area contributed by atoms with Crippen LogP contribution in [-0.2, 0) is 11.3 Å². The van der Waals surface area contributed by atoms with Crippen molar-refractivity contribution < 1.29 is 9.53 Å². The largest absolute Gasteiger partial charge is 0.497 e. The van der Waals surface area contributed by atoms with Gasteiger partial charge in [-0.2, -0.15) is 0 Å². The highest BCUT2D eigenvalue weighted by Crippen LogP contribution is 2.31. The van der Waals surface area contributed by atoms with E-state index in [0.717, 1.165) is 35.5 Å². The van der Waals surface area contributed by atoms with E-state index >= 15 is 0 Å². The van der Waals surface area contributed by atoms with Gasteiger partial charge < -0.3 is 10.1 Å². The van der Waals surface area contributed by atoms with Crippen molar-refractivity contribution in [3.05, 3.63) is 47.0 Å². The molecular formula is C22H25N3O3S. The second-order valence-corrected chi connectivity index (χ2v) is 8.72. The lowest BCUT2D eigenvalue weighted by Crippen LogP contribution is -2.43. The first-order valence-electron chi connectivity index (χ1n) is 9.98. The van der Waals surface area contributed by atoms with Crippen LogP contribution in [0, 0.1) is 5.92 Å². The van der Waals surface area contributed by atoms with Gasteiger partial charge in [-0.15, -0.1) is 11.3 Å². The molecule has 0 unspecified atom stereocenters. The average Bonchev–Trinajstić information content (AvgIpc) is 3.17. The zero-order chi connectivity index (χ0) is 20.4. The van der Waals surface area contributed by atoms with Gasteiger partial charge >= 0.3 is 0 Å². The van der Waals surface area contributed by atoms with Gasteiger partial charge in [-0.3, -0.25) is 14.2 Å². The van der Waals surface area contributed by atoms with E-state index in [4.69, 9.17) is 4.74 Å². The van der Waals surface area contributed by atoms with Gasteiger partial charge in [0.1, 0.15) is 17.0 Å². The van der Waals surface area contributed by atoms with Crippen molar-refractivity contribution in [1.29, 1.82) is 0 Å². The minimum atomic E-state index is -0.174. The number of nitrogens with zero attached hydrogens (tertiary/aromatic N) is 2. The van der Waals surface area contributed by atoms with Crippen molar-refractivity contribution in [2.45, 2.75) is 45.2 Å². The average molecular weight is 412 g/mol. The first-order chi connectivity index (χ1) is 14.0. The molecule has 1 amide bonds. The van der Waals surface area contributed by atoms with Crippen LogP contribution in [0.4, 0.5) is 0 Å². The van der Waals surface area contributed by atoms with Crippen molar-refractivity contribution in [2.75, 3.05) is 7.11 Å². The minimum absolute atomic E-state index is 0.000756. The lowest BCUT2D eigenvalue weighted by molar-refractivity contribution is -0.123. The van der Waals surface area contributed by atoms with Crippen LogP contribution in [0.5, 0.6) is 5.75 Å². The molecule has 152 valence electrons. The number of hydrogen-bond acceptors (Lipinski definition) is 5. The number of ether oxygens (including phenoxy) is 1. The predicted molar refractivity (Wildman–Crippen MR) is 115 cm³/mol. The van der Waals surface area contributed by atoms with Gasteiger partial charge in [0.15, 0.2) is 0 Å². The van der Waals surface area contributed by atoms with Crippen LogP contribution >= 0.6 is 11.3 Å². The first kappa shape index (κ1) is 19.6. The fourth-order valence-electron chi connectivity index (χ4n) is 3.89. The SMILES string of the molecule is COc1ccc(-c2cc3ncn(CC(=O)N[C@@H]4CCCC[C@@H]4C)c(=O)c3s2)cc1. The molecule has 2 atom stereocenters. The highest BCUT2D eigenvalue weighted by molar-refractivity contribution is 7.22. The third-order valence-electron chi connectivity index (χ3n) is 5.65. The summed E-state index contributed by atoms with van der Waals surface area (Å²) in [5.41, 5.74) is 1.48. The van der Waals surface area contributed by atoms with Crippen molar-refractivity contribution in [3.8, 4) is 16.2 Å². The van der Waals surface area contributed by atoms with Gasteiger partial charge in [0, 0.05) is 10.9 Å². The number of aromatic nitrogens is 2. The van der Waals surface area contributed by atoms with Gasteiger partial charge in [-0.05, 0) is 54.7 Å². The number of nitrogens with one attached hydrogen (secondary N) is 1. The normalized spacial score (nSPS) is 19.2. The molecule has 3 aromatic rings. The van der Waals surface area contributed by atoms with Crippen LogP contribution in [0.2, 0.25) is 0 Å². The molecule has 6 nitrogen and oxygen atoms in total. The quantitative estimate of drug-likeness (QED) is 0.693. The van der Waals surface area contributed by atoms with Crippen LogP contribution in [0.25, 0.3) is 20.7 Å². The maximum Gasteiger partial charge on any atom is 0.271 e. The smallest absolute Gasteiger partial charge is 0.271 e. The third-order valence-corrected chi connectivity index (χ3v) is 6.81. The minimum Gasteiger partial charge on any atom is -0.497 e. The third kappa shape index (κ3) is 4.19. The molecule has 1 saturated carbocycles. The van der Waals surface area contributed by atoms with Crippen LogP contribution in [0.15, 0.2) is 41.5 Å². The number of fused-ring (bicyclic) bond motifs is 1. The molecule has 2 heterocycles. The molecule has 0 radical (unpaired) electrons. The topological polar surface area (TPSA) is 73.2 Å². The summed E-state index contributed by atoms with van der Waals surface area (Å²) in [4.78, 5) is 30.8. The van der Waals surface area contributed by atoms with E-state index in [-0.39, 0.29) is 24.1 Å². The Morgan fingerprint density at radius 2 is 2.03 bits per heavy atom. The second-order valence-electron chi connectivity index (χ2n) is 7.67. The standard InChI is InChI=1S/C22H25N3O3S/c1-14-5-3-4-6-17(14)24-20(26)12-25-13-23-18-11-19(29-21(18)22(25)27)15-7-9-16(28-2)10-8-15/h7-11,13-14,17H,3-6,12H2,1-2H3,(H,24,26)/t14-,17+/m0/s1. The second kappa shape index (κ2) is 8.37. The van der Waals surface area contributed by atoms with E-state index in [1.165, 1.54) is 28.7 Å². The molecule has 0 spiro atoms. The Morgan fingerprint density at radius 1 is 1.28 bits per heavy atom. The monoisotopic (exact) mass is 411 g/mol. The fraction of sp³-hybridized carbons (Fsp3) is 0.409. The number of carbonyl (C=O) groups excluding carboxylic acids is 1. The van der Waals surface area contributed by atoms with Gasteiger partial charge in [0.25, 0.3) is 5.56 Å². The number of amides is 1. The molecule has 0 bridgehead atoms. The highest BCUT2D eigenvalue weighted by Gasteiger charge is 2.23. The lowest BCUT2D eigenvalue weighted by Gasteiger charge is -2.29. The van der Waals surface area contributed by atoms with E-state index in [2.05, 4.69) is 17.2 Å². The maximum atomic E-state index is 12.9. The van der Waals surface area contributed by atoms with E-state index in [1.807, 2.05) is 30.3 Å². The summed E-state index contributed by atoms with van der Waals surface area (Å²) in [6.07, 6.45) is 5.99. The molecule has 7 heteroatoms. The summed E-state index contributed by atoms with van der Waals surface area (Å²) in [5.74, 6) is 1.14. The molecule has 1 N–H and O–H groups in total. The molecule has 4 rings (SSSR count). The van der Waals surface area contributed by atoms with Crippen molar-refractivity contribution in [3.63, 3.8) is 0 Å². The Balaban J connectivity index is 1.54. The fourth-order valence-corrected chi connectivity index (χ4v) is 4.96. The molecule has 1 aromatic carbocycles. The number of rotatable bonds is 5. The van der Waals surface area contributed by atoms with E-state index < -0.39 is 0 Å². The van der Waals surface area contributed by atoms with Crippen LogP contribution in [-0.4, -0.2) is 28.6 Å². The molecule has 0 aliphatic heterocycles. The zero-order valence-corrected chi connectivity index (χ0v) is 17.5. The molecule has 1 fully saturated rings. The number of methoxy groups -OCH3 is 1. The van der Waals surface area contributed by atoms with Gasteiger partial charge in [-0.25, -0.2) is 4.98 Å². The molecular weight excluding hydrogens is 386 g/mol. The molecule has 1 aliphatic carbocycles. The molecule has 0 saturated heterocycles. The maximum absolute atomic E-state index is 12.9. The molecule has 2 aromatic heterocycles. The number of carbonyl (C=O) groups is 1. The van der Waals surface area contributed by atoms with Gasteiger partial charge in [0.05, 0.1) is 19.0 Å². The summed E-state index contributed by atoms with van der Waals surface area (Å²) in [6.45, 7) is 2.18. The lowest BCUT2D eigenvalue weighted by atomic mass is 9.86. The predicted octanol–water partition coefficient (Wildman–Crippen LogP) is 3.83. The Morgan fingerprint density at radius 3 is 2.76 bits per heavy atom. The zero-order valence-electron chi connectivity index (χ0n) is 16.7. The summed E-state index contributed by atoms with van der Waals surface area (Å²) in [7, 11) is 1.63.